The molecule has 0 amide bonds. The van der Waals surface area contributed by atoms with Gasteiger partial charge in [-0.1, -0.05) is 35.9 Å². The summed E-state index contributed by atoms with van der Waals surface area (Å²) in [4.78, 5) is 0. The van der Waals surface area contributed by atoms with Gasteiger partial charge in [-0.3, -0.25) is 0 Å². The first-order valence-electron chi connectivity index (χ1n) is 5.96. The van der Waals surface area contributed by atoms with Crippen LogP contribution in [0.2, 0.25) is 0 Å². The standard InChI is InChI=1S/C15H16IN/c1-10-4-5-12-13(8-10)17(16)14-9-11(2)6-7-15(12,14)3/h4-9,14H,1-3H3. The third-order valence-corrected chi connectivity index (χ3v) is 5.06. The number of nitrogens with zero attached hydrogens (tertiary/aromatic N) is 1. The molecule has 0 fully saturated rings. The van der Waals surface area contributed by atoms with Gasteiger partial charge in [-0.25, -0.2) is 0 Å². The van der Waals surface area contributed by atoms with E-state index in [4.69, 9.17) is 0 Å². The van der Waals surface area contributed by atoms with Crippen LogP contribution >= 0.6 is 22.9 Å². The minimum absolute atomic E-state index is 0.129. The molecular weight excluding hydrogens is 321 g/mol. The Hall–Kier alpha value is -0.770. The van der Waals surface area contributed by atoms with Crippen LogP contribution in [0.25, 0.3) is 0 Å². The first-order valence-corrected chi connectivity index (χ1v) is 6.93. The average molecular weight is 337 g/mol. The zero-order valence-electron chi connectivity index (χ0n) is 10.4. The molecule has 1 aromatic carbocycles. The molecule has 0 radical (unpaired) electrons. The van der Waals surface area contributed by atoms with Crippen LogP contribution in [0.5, 0.6) is 0 Å². The van der Waals surface area contributed by atoms with Crippen LogP contribution in [0.15, 0.2) is 42.0 Å². The summed E-state index contributed by atoms with van der Waals surface area (Å²) in [6, 6.07) is 7.25. The lowest BCUT2D eigenvalue weighted by Gasteiger charge is -2.32. The highest BCUT2D eigenvalue weighted by Crippen LogP contribution is 2.50. The van der Waals surface area contributed by atoms with Crippen molar-refractivity contribution in [3.05, 3.63) is 53.1 Å². The van der Waals surface area contributed by atoms with E-state index in [2.05, 4.69) is 83.2 Å². The smallest absolute Gasteiger partial charge is 0.0707 e. The lowest BCUT2D eigenvalue weighted by atomic mass is 9.75. The van der Waals surface area contributed by atoms with Crippen LogP contribution in [0, 0.1) is 6.92 Å². The Labute approximate surface area is 117 Å². The topological polar surface area (TPSA) is 3.24 Å². The fourth-order valence-electron chi connectivity index (χ4n) is 2.85. The fraction of sp³-hybridized carbons (Fsp3) is 0.333. The number of rotatable bonds is 0. The number of anilines is 1. The maximum atomic E-state index is 2.45. The first-order chi connectivity index (χ1) is 8.02. The zero-order valence-corrected chi connectivity index (χ0v) is 12.5. The number of fused-ring (bicyclic) bond motifs is 3. The summed E-state index contributed by atoms with van der Waals surface area (Å²) < 4.78 is 2.38. The fourth-order valence-corrected chi connectivity index (χ4v) is 3.99. The molecule has 1 aromatic rings. The van der Waals surface area contributed by atoms with Gasteiger partial charge in [-0.05, 0) is 38.0 Å². The third-order valence-electron chi connectivity index (χ3n) is 3.94. The number of allylic oxidation sites excluding steroid dienone is 2. The Balaban J connectivity index is 2.22. The average Bonchev–Trinajstić information content (AvgIpc) is 2.50. The van der Waals surface area contributed by atoms with Crippen LogP contribution < -0.4 is 3.11 Å². The molecule has 1 nitrogen and oxygen atoms in total. The molecule has 0 bridgehead atoms. The van der Waals surface area contributed by atoms with Gasteiger partial charge in [0.25, 0.3) is 0 Å². The van der Waals surface area contributed by atoms with Crippen molar-refractivity contribution in [3.8, 4) is 0 Å². The van der Waals surface area contributed by atoms with E-state index in [1.807, 2.05) is 0 Å². The Bertz CT molecular complexity index is 544. The van der Waals surface area contributed by atoms with Crippen molar-refractivity contribution in [2.24, 2.45) is 0 Å². The van der Waals surface area contributed by atoms with Gasteiger partial charge in [-0.15, -0.1) is 0 Å². The van der Waals surface area contributed by atoms with Gasteiger partial charge in [0.15, 0.2) is 0 Å². The predicted octanol–water partition coefficient (Wildman–Crippen LogP) is 4.31. The van der Waals surface area contributed by atoms with E-state index in [0.717, 1.165) is 0 Å². The second-order valence-electron chi connectivity index (χ2n) is 5.30. The van der Waals surface area contributed by atoms with Crippen molar-refractivity contribution in [3.63, 3.8) is 0 Å². The number of hydrogen-bond donors (Lipinski definition) is 0. The molecule has 0 saturated heterocycles. The Morgan fingerprint density at radius 1 is 1.29 bits per heavy atom. The molecule has 1 aliphatic heterocycles. The Morgan fingerprint density at radius 3 is 2.82 bits per heavy atom. The molecule has 0 spiro atoms. The number of benzene rings is 1. The minimum atomic E-state index is 0.129. The Morgan fingerprint density at radius 2 is 2.06 bits per heavy atom. The molecule has 2 aliphatic rings. The van der Waals surface area contributed by atoms with Crippen molar-refractivity contribution < 1.29 is 0 Å². The highest BCUT2D eigenvalue weighted by atomic mass is 127. The van der Waals surface area contributed by atoms with E-state index in [1.54, 1.807) is 0 Å². The monoisotopic (exact) mass is 337 g/mol. The highest BCUT2D eigenvalue weighted by molar-refractivity contribution is 14.1. The van der Waals surface area contributed by atoms with E-state index in [1.165, 1.54) is 22.4 Å². The van der Waals surface area contributed by atoms with Gasteiger partial charge in [0.1, 0.15) is 0 Å². The third kappa shape index (κ3) is 1.49. The van der Waals surface area contributed by atoms with E-state index in [9.17, 15) is 0 Å². The van der Waals surface area contributed by atoms with E-state index < -0.39 is 0 Å². The molecule has 2 unspecified atom stereocenters. The largest absolute Gasteiger partial charge is 0.306 e. The number of aryl methyl sites for hydroxylation is 1. The van der Waals surface area contributed by atoms with Gasteiger partial charge in [0.2, 0.25) is 0 Å². The molecule has 0 saturated carbocycles. The second kappa shape index (κ2) is 3.61. The maximum absolute atomic E-state index is 2.45. The van der Waals surface area contributed by atoms with Gasteiger partial charge in [0, 0.05) is 5.41 Å². The molecule has 3 rings (SSSR count). The quantitative estimate of drug-likeness (QED) is 0.504. The van der Waals surface area contributed by atoms with E-state index >= 15 is 0 Å². The minimum Gasteiger partial charge on any atom is -0.306 e. The molecule has 17 heavy (non-hydrogen) atoms. The van der Waals surface area contributed by atoms with Crippen LogP contribution in [0.4, 0.5) is 5.69 Å². The van der Waals surface area contributed by atoms with Crippen molar-refractivity contribution in [2.45, 2.75) is 32.2 Å². The van der Waals surface area contributed by atoms with Gasteiger partial charge >= 0.3 is 0 Å². The Kier molecular flexibility index (Phi) is 2.41. The van der Waals surface area contributed by atoms with Crippen LogP contribution in [-0.4, -0.2) is 6.04 Å². The van der Waals surface area contributed by atoms with E-state index in [-0.39, 0.29) is 5.41 Å². The zero-order chi connectivity index (χ0) is 12.2. The molecule has 2 heteroatoms. The van der Waals surface area contributed by atoms with Crippen molar-refractivity contribution in [1.82, 2.24) is 0 Å². The molecular formula is C15H16IN. The highest BCUT2D eigenvalue weighted by Gasteiger charge is 2.45. The summed E-state index contributed by atoms with van der Waals surface area (Å²) in [5, 5.41) is 0. The van der Waals surface area contributed by atoms with Crippen molar-refractivity contribution in [1.29, 1.82) is 0 Å². The van der Waals surface area contributed by atoms with E-state index in [0.29, 0.717) is 6.04 Å². The summed E-state index contributed by atoms with van der Waals surface area (Å²) in [5.41, 5.74) is 5.64. The lowest BCUT2D eigenvalue weighted by molar-refractivity contribution is 0.564. The lowest BCUT2D eigenvalue weighted by Crippen LogP contribution is -2.37. The summed E-state index contributed by atoms with van der Waals surface area (Å²) >= 11 is 2.45. The number of halogens is 1. The summed E-state index contributed by atoms with van der Waals surface area (Å²) in [5.74, 6) is 0. The summed E-state index contributed by atoms with van der Waals surface area (Å²) in [6.45, 7) is 6.67. The number of hydrogen-bond acceptors (Lipinski definition) is 1. The molecule has 88 valence electrons. The van der Waals surface area contributed by atoms with Gasteiger partial charge < -0.3 is 3.11 Å². The molecule has 1 aliphatic carbocycles. The summed E-state index contributed by atoms with van der Waals surface area (Å²) in [7, 11) is 0. The first kappa shape index (κ1) is 11.3. The molecule has 2 atom stereocenters. The molecule has 0 aromatic heterocycles. The van der Waals surface area contributed by atoms with Gasteiger partial charge in [-0.2, -0.15) is 0 Å². The van der Waals surface area contributed by atoms with Crippen LogP contribution in [-0.2, 0) is 5.41 Å². The normalized spacial score (nSPS) is 30.0. The maximum Gasteiger partial charge on any atom is 0.0707 e. The predicted molar refractivity (Wildman–Crippen MR) is 81.7 cm³/mol. The molecule has 0 N–H and O–H groups in total. The van der Waals surface area contributed by atoms with Crippen molar-refractivity contribution >= 4 is 28.6 Å². The van der Waals surface area contributed by atoms with Crippen LogP contribution in [0.1, 0.15) is 25.0 Å². The van der Waals surface area contributed by atoms with Gasteiger partial charge in [0.05, 0.1) is 34.6 Å². The molecule has 1 heterocycles. The summed E-state index contributed by atoms with van der Waals surface area (Å²) in [6.07, 6.45) is 6.98. The van der Waals surface area contributed by atoms with Crippen LogP contribution in [0.3, 0.4) is 0 Å². The van der Waals surface area contributed by atoms with Crippen molar-refractivity contribution in [2.75, 3.05) is 3.11 Å². The SMILES string of the molecule is CC1=CC2N(I)c3cc(C)ccc3C2(C)C=C1. The second-order valence-corrected chi connectivity index (χ2v) is 6.34.